The predicted molar refractivity (Wildman–Crippen MR) is 215 cm³/mol. The number of nitrogens with zero attached hydrogens (tertiary/aromatic N) is 6. The lowest BCUT2D eigenvalue weighted by molar-refractivity contribution is -0.141. The molecule has 4 N–H and O–H groups in total. The molecule has 4 aromatic heterocycles. The highest BCUT2D eigenvalue weighted by molar-refractivity contribution is 7.13. The molecule has 0 aliphatic carbocycles. The van der Waals surface area contributed by atoms with Crippen molar-refractivity contribution in [2.45, 2.75) is 64.1 Å². The predicted octanol–water partition coefficient (Wildman–Crippen LogP) is 5.33. The highest BCUT2D eigenvalue weighted by Gasteiger charge is 2.43. The van der Waals surface area contributed by atoms with Crippen molar-refractivity contribution >= 4 is 40.1 Å². The summed E-state index contributed by atoms with van der Waals surface area (Å²) in [7, 11) is 0. The Hall–Kier alpha value is -6.13. The minimum absolute atomic E-state index is 0.00539. The molecule has 2 aliphatic rings. The van der Waals surface area contributed by atoms with Crippen LogP contribution in [0.25, 0.3) is 32.7 Å². The third kappa shape index (κ3) is 7.76. The number of β-amino-alcohol motifs (C(OH)–C–C–N with tert-alkyl or cyclic N) is 1. The van der Waals surface area contributed by atoms with Crippen LogP contribution in [-0.2, 0) is 14.4 Å². The van der Waals surface area contributed by atoms with Crippen molar-refractivity contribution in [2.24, 2.45) is 5.92 Å². The number of rotatable bonds is 12. The lowest BCUT2D eigenvalue weighted by Gasteiger charge is -2.38. The Balaban J connectivity index is 0.854. The zero-order chi connectivity index (χ0) is 40.7. The monoisotopic (exact) mass is 804 g/mol. The highest BCUT2D eigenvalue weighted by Crippen LogP contribution is 2.35. The first-order valence-electron chi connectivity index (χ1n) is 19.2. The molecule has 300 valence electrons. The molecule has 58 heavy (non-hydrogen) atoms. The lowest BCUT2D eigenvalue weighted by atomic mass is 9.91. The Morgan fingerprint density at radius 3 is 2.53 bits per heavy atom. The molecule has 0 saturated carbocycles. The molecule has 16 heteroatoms. The number of aliphatic hydroxyl groups is 1. The topological polar surface area (TPSA) is 200 Å². The first-order chi connectivity index (χ1) is 27.9. The van der Waals surface area contributed by atoms with Crippen LogP contribution >= 0.6 is 11.3 Å². The van der Waals surface area contributed by atoms with Crippen LogP contribution in [0.3, 0.4) is 0 Å². The second-order valence-corrected chi connectivity index (χ2v) is 16.2. The fraction of sp³-hybridized carbons (Fsp3) is 0.357. The van der Waals surface area contributed by atoms with Crippen LogP contribution in [0.1, 0.15) is 67.8 Å². The molecular formula is C42H44N8O7S. The van der Waals surface area contributed by atoms with Gasteiger partial charge in [0.15, 0.2) is 12.4 Å². The van der Waals surface area contributed by atoms with Gasteiger partial charge in [-0.3, -0.25) is 14.4 Å². The van der Waals surface area contributed by atoms with Crippen LogP contribution < -0.4 is 10.1 Å². The van der Waals surface area contributed by atoms with Gasteiger partial charge in [0.05, 0.1) is 39.4 Å². The second kappa shape index (κ2) is 16.0. The van der Waals surface area contributed by atoms with Crippen molar-refractivity contribution in [1.29, 1.82) is 0 Å². The summed E-state index contributed by atoms with van der Waals surface area (Å²) in [6.45, 7) is 8.28. The Kier molecular flexibility index (Phi) is 10.7. The van der Waals surface area contributed by atoms with E-state index in [2.05, 4.69) is 30.6 Å². The van der Waals surface area contributed by atoms with E-state index in [9.17, 15) is 24.6 Å². The molecule has 2 saturated heterocycles. The number of likely N-dealkylation sites (tertiary alicyclic amines) is 2. The molecule has 0 bridgehead atoms. The van der Waals surface area contributed by atoms with E-state index in [0.717, 1.165) is 32.9 Å². The summed E-state index contributed by atoms with van der Waals surface area (Å²) in [4.78, 5) is 52.7. The average molecular weight is 805 g/mol. The Bertz CT molecular complexity index is 2450. The quantitative estimate of drug-likeness (QED) is 0.125. The van der Waals surface area contributed by atoms with Crippen LogP contribution in [0.4, 0.5) is 0 Å². The van der Waals surface area contributed by atoms with Gasteiger partial charge in [-0.1, -0.05) is 50.2 Å². The molecule has 3 amide bonds. The molecular weight excluding hydrogens is 761 g/mol. The number of thiazole rings is 1. The number of H-pyrrole nitrogens is 1. The van der Waals surface area contributed by atoms with Crippen LogP contribution in [-0.4, -0.2) is 101 Å². The summed E-state index contributed by atoms with van der Waals surface area (Å²) >= 11 is 1.58. The van der Waals surface area contributed by atoms with Gasteiger partial charge in [0.1, 0.15) is 23.2 Å². The van der Waals surface area contributed by atoms with Crippen molar-refractivity contribution in [3.8, 4) is 33.3 Å². The van der Waals surface area contributed by atoms with Crippen LogP contribution in [0, 0.1) is 12.8 Å². The first kappa shape index (κ1) is 38.7. The number of benzene rings is 2. The zero-order valence-electron chi connectivity index (χ0n) is 32.5. The first-order valence-corrected chi connectivity index (χ1v) is 20.1. The number of amides is 3. The maximum atomic E-state index is 14.1. The van der Waals surface area contributed by atoms with Gasteiger partial charge in [-0.2, -0.15) is 0 Å². The number of fused-ring (bicyclic) bond motifs is 1. The number of aromatic nitrogens is 5. The molecule has 2 aliphatic heterocycles. The second-order valence-electron chi connectivity index (χ2n) is 15.4. The average Bonchev–Trinajstić information content (AvgIpc) is 4.00. The van der Waals surface area contributed by atoms with Crippen LogP contribution in [0.15, 0.2) is 76.8 Å². The number of aromatic amines is 1. The lowest BCUT2D eigenvalue weighted by Crippen LogP contribution is -2.50. The van der Waals surface area contributed by atoms with Gasteiger partial charge in [0, 0.05) is 49.3 Å². The number of nitrogens with one attached hydrogen (secondary N) is 2. The summed E-state index contributed by atoms with van der Waals surface area (Å²) in [5, 5.41) is 36.5. The number of para-hydroxylation sites is 1. The zero-order valence-corrected chi connectivity index (χ0v) is 33.3. The Morgan fingerprint density at radius 2 is 1.81 bits per heavy atom. The van der Waals surface area contributed by atoms with Crippen molar-refractivity contribution in [2.75, 3.05) is 26.2 Å². The summed E-state index contributed by atoms with van der Waals surface area (Å²) in [5.41, 5.74) is 8.28. The number of phenols is 1. The summed E-state index contributed by atoms with van der Waals surface area (Å²) < 4.78 is 11.3. The molecule has 0 spiro atoms. The van der Waals surface area contributed by atoms with E-state index in [0.29, 0.717) is 29.9 Å². The van der Waals surface area contributed by atoms with Gasteiger partial charge >= 0.3 is 0 Å². The minimum Gasteiger partial charge on any atom is -0.507 e. The molecule has 6 heterocycles. The fourth-order valence-electron chi connectivity index (χ4n) is 7.70. The number of aryl methyl sites for hydroxylation is 1. The number of phenolic OH excluding ortho intramolecular Hbond substituents is 1. The summed E-state index contributed by atoms with van der Waals surface area (Å²) in [5.74, 6) is -1.51. The number of aliphatic hydroxyl groups excluding tert-OH is 1. The van der Waals surface area contributed by atoms with E-state index in [-0.39, 0.29) is 72.6 Å². The van der Waals surface area contributed by atoms with Gasteiger partial charge in [-0.05, 0) is 60.3 Å². The maximum Gasteiger partial charge on any atom is 0.260 e. The highest BCUT2D eigenvalue weighted by atomic mass is 32.1. The number of aromatic hydroxyl groups is 1. The number of hydrogen-bond donors (Lipinski definition) is 4. The molecule has 15 nitrogen and oxygen atoms in total. The van der Waals surface area contributed by atoms with Crippen molar-refractivity contribution in [3.05, 3.63) is 95.0 Å². The Morgan fingerprint density at radius 1 is 1.03 bits per heavy atom. The molecule has 2 fully saturated rings. The van der Waals surface area contributed by atoms with Crippen molar-refractivity contribution < 1.29 is 33.9 Å². The molecule has 8 rings (SSSR count). The largest absolute Gasteiger partial charge is 0.507 e. The molecule has 6 aromatic rings. The van der Waals surface area contributed by atoms with E-state index in [1.54, 1.807) is 34.4 Å². The smallest absolute Gasteiger partial charge is 0.260 e. The molecule has 0 unspecified atom stereocenters. The fourth-order valence-corrected chi connectivity index (χ4v) is 8.51. The number of hydrogen-bond acceptors (Lipinski definition) is 12. The van der Waals surface area contributed by atoms with E-state index in [4.69, 9.17) is 9.26 Å². The van der Waals surface area contributed by atoms with Gasteiger partial charge in [-0.15, -0.1) is 21.5 Å². The Labute approximate surface area is 338 Å². The minimum atomic E-state index is -0.875. The van der Waals surface area contributed by atoms with E-state index in [1.807, 2.05) is 75.7 Å². The number of carbonyl (C=O) groups excluding carboxylic acids is 3. The van der Waals surface area contributed by atoms with E-state index in [1.165, 1.54) is 11.0 Å². The third-order valence-corrected chi connectivity index (χ3v) is 12.0. The van der Waals surface area contributed by atoms with Crippen LogP contribution in [0.2, 0.25) is 0 Å². The van der Waals surface area contributed by atoms with Gasteiger partial charge in [-0.25, -0.2) is 4.98 Å². The standard InChI is InChI=1S/C42H44N8O7S/c1-22(2)39(42(55)50-19-28(51)13-34(50)41(54)44-23(3)25-9-11-26(12-10-25)40-24(4)43-21-58-40)36-16-37(48-57-36)56-20-38(53)49-17-27(18-49)30-14-33-32(45-30)15-31(46-47-33)29-7-5-6-8-35(29)52/h5-12,14-16,21-23,27-28,34,39,45,51-52H,13,17-20H2,1-4H3,(H,44,54)/t23-,28+,34-,39+/m0/s1. The van der Waals surface area contributed by atoms with Crippen molar-refractivity contribution in [1.82, 2.24) is 40.4 Å². The normalized spacial score (nSPS) is 18.0. The van der Waals surface area contributed by atoms with Crippen molar-refractivity contribution in [3.63, 3.8) is 0 Å². The maximum absolute atomic E-state index is 14.1. The van der Waals surface area contributed by atoms with Gasteiger partial charge < -0.3 is 39.6 Å². The summed E-state index contributed by atoms with van der Waals surface area (Å²) in [6, 6.07) is 19.0. The van der Waals surface area contributed by atoms with E-state index < -0.39 is 18.1 Å². The van der Waals surface area contributed by atoms with Gasteiger partial charge in [0.25, 0.3) is 11.8 Å². The third-order valence-electron chi connectivity index (χ3n) is 11.0. The van der Waals surface area contributed by atoms with Crippen LogP contribution in [0.5, 0.6) is 11.6 Å². The molecule has 0 radical (unpaired) electrons. The number of carbonyl (C=O) groups is 3. The molecule has 4 atom stereocenters. The number of ether oxygens (including phenoxy) is 1. The van der Waals surface area contributed by atoms with E-state index >= 15 is 0 Å². The SMILES string of the molecule is Cc1ncsc1-c1ccc([C@H](C)NC(=O)[C@@H]2C[C@@H](O)CN2C(=O)[C@@H](c2cc(OCC(=O)N3CC(c4cc5nnc(-c6ccccc6O)cc5[nH]4)C3)no2)C(C)C)cc1. The summed E-state index contributed by atoms with van der Waals surface area (Å²) in [6.07, 6.45) is -0.754. The molecule has 2 aromatic carbocycles. The van der Waals surface area contributed by atoms with Gasteiger partial charge in [0.2, 0.25) is 11.8 Å².